The molecule has 0 aliphatic heterocycles. The van der Waals surface area contributed by atoms with E-state index in [-0.39, 0.29) is 0 Å². The fourth-order valence-corrected chi connectivity index (χ4v) is 1.55. The van der Waals surface area contributed by atoms with Gasteiger partial charge in [0.25, 0.3) is 0 Å². The SMILES string of the molecule is CC(C(=O)O)C(C)C(O)c1c(F)cccc1F. The van der Waals surface area contributed by atoms with Crippen molar-refractivity contribution in [3.8, 4) is 0 Å². The molecule has 0 fully saturated rings. The molecule has 0 saturated heterocycles. The van der Waals surface area contributed by atoms with Gasteiger partial charge in [0.05, 0.1) is 17.6 Å². The number of carbonyl (C=O) groups is 1. The summed E-state index contributed by atoms with van der Waals surface area (Å²) in [6.07, 6.45) is -1.48. The van der Waals surface area contributed by atoms with Gasteiger partial charge >= 0.3 is 5.97 Å². The molecule has 0 aromatic heterocycles. The summed E-state index contributed by atoms with van der Waals surface area (Å²) in [5, 5.41) is 18.6. The van der Waals surface area contributed by atoms with Gasteiger partial charge in [-0.3, -0.25) is 4.79 Å². The smallest absolute Gasteiger partial charge is 0.306 e. The van der Waals surface area contributed by atoms with E-state index in [9.17, 15) is 18.7 Å². The Hall–Kier alpha value is -1.49. The van der Waals surface area contributed by atoms with Crippen molar-refractivity contribution in [1.82, 2.24) is 0 Å². The molecule has 17 heavy (non-hydrogen) atoms. The maximum absolute atomic E-state index is 13.4. The summed E-state index contributed by atoms with van der Waals surface area (Å²) in [6.45, 7) is 2.82. The molecule has 3 unspecified atom stereocenters. The van der Waals surface area contributed by atoms with E-state index in [0.29, 0.717) is 0 Å². The van der Waals surface area contributed by atoms with E-state index in [1.165, 1.54) is 19.9 Å². The van der Waals surface area contributed by atoms with Crippen LogP contribution in [0.15, 0.2) is 18.2 Å². The lowest BCUT2D eigenvalue weighted by Gasteiger charge is -2.23. The maximum Gasteiger partial charge on any atom is 0.306 e. The first-order valence-electron chi connectivity index (χ1n) is 5.21. The second kappa shape index (κ2) is 5.23. The highest BCUT2D eigenvalue weighted by molar-refractivity contribution is 5.69. The third-order valence-corrected chi connectivity index (χ3v) is 2.97. The zero-order valence-corrected chi connectivity index (χ0v) is 9.52. The minimum absolute atomic E-state index is 0.479. The van der Waals surface area contributed by atoms with Gasteiger partial charge in [0.15, 0.2) is 0 Å². The molecule has 0 spiro atoms. The molecule has 94 valence electrons. The van der Waals surface area contributed by atoms with Crippen LogP contribution in [-0.4, -0.2) is 16.2 Å². The quantitative estimate of drug-likeness (QED) is 0.854. The van der Waals surface area contributed by atoms with Crippen molar-refractivity contribution in [1.29, 1.82) is 0 Å². The molecule has 0 amide bonds. The van der Waals surface area contributed by atoms with Gasteiger partial charge in [0.2, 0.25) is 0 Å². The zero-order chi connectivity index (χ0) is 13.2. The van der Waals surface area contributed by atoms with Crippen molar-refractivity contribution >= 4 is 5.97 Å². The number of carboxylic acids is 1. The minimum atomic E-state index is -1.48. The molecule has 0 bridgehead atoms. The number of aliphatic hydroxyl groups excluding tert-OH is 1. The van der Waals surface area contributed by atoms with Gasteiger partial charge in [-0.2, -0.15) is 0 Å². The van der Waals surface area contributed by atoms with Crippen LogP contribution in [0.1, 0.15) is 25.5 Å². The molecule has 1 aromatic carbocycles. The lowest BCUT2D eigenvalue weighted by atomic mass is 9.86. The average molecular weight is 244 g/mol. The summed E-state index contributed by atoms with van der Waals surface area (Å²) in [5.74, 6) is -4.56. The Kier molecular flexibility index (Phi) is 4.17. The number of hydrogen-bond donors (Lipinski definition) is 2. The molecule has 0 aliphatic carbocycles. The number of hydrogen-bond acceptors (Lipinski definition) is 2. The molecule has 5 heteroatoms. The van der Waals surface area contributed by atoms with E-state index in [0.717, 1.165) is 12.1 Å². The Morgan fingerprint density at radius 3 is 2.12 bits per heavy atom. The van der Waals surface area contributed by atoms with Crippen molar-refractivity contribution in [2.75, 3.05) is 0 Å². The first-order valence-corrected chi connectivity index (χ1v) is 5.21. The maximum atomic E-state index is 13.4. The van der Waals surface area contributed by atoms with Crippen LogP contribution in [-0.2, 0) is 4.79 Å². The van der Waals surface area contributed by atoms with E-state index in [1.54, 1.807) is 0 Å². The summed E-state index contributed by atoms with van der Waals surface area (Å²) in [4.78, 5) is 10.7. The largest absolute Gasteiger partial charge is 0.481 e. The summed E-state index contributed by atoms with van der Waals surface area (Å²) in [5.41, 5.74) is -0.479. The third kappa shape index (κ3) is 2.79. The van der Waals surface area contributed by atoms with E-state index in [4.69, 9.17) is 5.11 Å². The monoisotopic (exact) mass is 244 g/mol. The lowest BCUT2D eigenvalue weighted by molar-refractivity contribution is -0.144. The highest BCUT2D eigenvalue weighted by Gasteiger charge is 2.30. The number of benzene rings is 1. The van der Waals surface area contributed by atoms with E-state index < -0.39 is 41.1 Å². The number of aliphatic carboxylic acids is 1. The molecule has 1 rings (SSSR count). The number of rotatable bonds is 4. The van der Waals surface area contributed by atoms with Crippen LogP contribution in [0, 0.1) is 23.5 Å². The number of carboxylic acid groups (broad SMARTS) is 1. The molecule has 0 aliphatic rings. The van der Waals surface area contributed by atoms with E-state index in [2.05, 4.69) is 0 Å². The Morgan fingerprint density at radius 1 is 1.24 bits per heavy atom. The first kappa shape index (κ1) is 13.6. The van der Waals surface area contributed by atoms with Gasteiger partial charge in [-0.1, -0.05) is 19.9 Å². The summed E-state index contributed by atoms with van der Waals surface area (Å²) in [6, 6.07) is 3.24. The fourth-order valence-electron chi connectivity index (χ4n) is 1.55. The molecule has 3 atom stereocenters. The highest BCUT2D eigenvalue weighted by atomic mass is 19.1. The van der Waals surface area contributed by atoms with E-state index >= 15 is 0 Å². The lowest BCUT2D eigenvalue weighted by Crippen LogP contribution is -2.25. The van der Waals surface area contributed by atoms with Gasteiger partial charge in [-0.25, -0.2) is 8.78 Å². The topological polar surface area (TPSA) is 57.5 Å². The summed E-state index contributed by atoms with van der Waals surface area (Å²) >= 11 is 0. The van der Waals surface area contributed by atoms with Crippen LogP contribution in [0.2, 0.25) is 0 Å². The average Bonchev–Trinajstić information content (AvgIpc) is 2.26. The predicted molar refractivity (Wildman–Crippen MR) is 57.3 cm³/mol. The number of halogens is 2. The molecule has 3 nitrogen and oxygen atoms in total. The van der Waals surface area contributed by atoms with Crippen LogP contribution in [0.25, 0.3) is 0 Å². The van der Waals surface area contributed by atoms with Crippen LogP contribution < -0.4 is 0 Å². The molecule has 2 N–H and O–H groups in total. The normalized spacial score (nSPS) is 16.3. The first-order chi connectivity index (χ1) is 7.86. The van der Waals surface area contributed by atoms with E-state index in [1.807, 2.05) is 0 Å². The van der Waals surface area contributed by atoms with Crippen LogP contribution >= 0.6 is 0 Å². The highest BCUT2D eigenvalue weighted by Crippen LogP contribution is 2.31. The predicted octanol–water partition coefficient (Wildman–Crippen LogP) is 2.36. The van der Waals surface area contributed by atoms with Crippen molar-refractivity contribution < 1.29 is 23.8 Å². The van der Waals surface area contributed by atoms with Crippen molar-refractivity contribution in [2.24, 2.45) is 11.8 Å². The fraction of sp³-hybridized carbons (Fsp3) is 0.417. The van der Waals surface area contributed by atoms with Gasteiger partial charge in [-0.15, -0.1) is 0 Å². The molecular formula is C12H14F2O3. The van der Waals surface area contributed by atoms with Crippen LogP contribution in [0.3, 0.4) is 0 Å². The second-order valence-corrected chi connectivity index (χ2v) is 4.07. The standard InChI is InChI=1S/C12H14F2O3/c1-6(7(2)12(16)17)11(15)10-8(13)4-3-5-9(10)14/h3-7,11,15H,1-2H3,(H,16,17). The van der Waals surface area contributed by atoms with Gasteiger partial charge in [0.1, 0.15) is 11.6 Å². The van der Waals surface area contributed by atoms with Crippen molar-refractivity contribution in [3.05, 3.63) is 35.4 Å². The van der Waals surface area contributed by atoms with Gasteiger partial charge < -0.3 is 10.2 Å². The Bertz CT molecular complexity index is 400. The Labute approximate surface area is 97.7 Å². The molecule has 0 radical (unpaired) electrons. The van der Waals surface area contributed by atoms with Gasteiger partial charge in [-0.05, 0) is 18.1 Å². The van der Waals surface area contributed by atoms with Crippen molar-refractivity contribution in [3.63, 3.8) is 0 Å². The minimum Gasteiger partial charge on any atom is -0.481 e. The molecular weight excluding hydrogens is 230 g/mol. The van der Waals surface area contributed by atoms with Crippen LogP contribution in [0.4, 0.5) is 8.78 Å². The van der Waals surface area contributed by atoms with Crippen molar-refractivity contribution in [2.45, 2.75) is 20.0 Å². The Morgan fingerprint density at radius 2 is 1.71 bits per heavy atom. The second-order valence-electron chi connectivity index (χ2n) is 4.07. The molecule has 0 heterocycles. The summed E-state index contributed by atoms with van der Waals surface area (Å²) in [7, 11) is 0. The number of aliphatic hydroxyl groups is 1. The third-order valence-electron chi connectivity index (χ3n) is 2.97. The zero-order valence-electron chi connectivity index (χ0n) is 9.52. The molecule has 1 aromatic rings. The Balaban J connectivity index is 3.04. The molecule has 0 saturated carbocycles. The van der Waals surface area contributed by atoms with Crippen LogP contribution in [0.5, 0.6) is 0 Å². The summed E-state index contributed by atoms with van der Waals surface area (Å²) < 4.78 is 26.8. The van der Waals surface area contributed by atoms with Gasteiger partial charge in [0, 0.05) is 0 Å².